The minimum atomic E-state index is -0.350. The summed E-state index contributed by atoms with van der Waals surface area (Å²) in [7, 11) is 0. The molecule has 29 heavy (non-hydrogen) atoms. The fraction of sp³-hybridized carbons (Fsp3) is 0.130. The van der Waals surface area contributed by atoms with Crippen molar-refractivity contribution in [2.75, 3.05) is 4.90 Å². The van der Waals surface area contributed by atoms with Gasteiger partial charge in [0.15, 0.2) is 5.65 Å². The fourth-order valence-corrected chi connectivity index (χ4v) is 3.96. The Kier molecular flexibility index (Phi) is 3.64. The van der Waals surface area contributed by atoms with E-state index in [2.05, 4.69) is 10.1 Å². The van der Waals surface area contributed by atoms with Crippen LogP contribution in [0.5, 0.6) is 0 Å². The van der Waals surface area contributed by atoms with Crippen molar-refractivity contribution in [2.24, 2.45) is 0 Å². The van der Waals surface area contributed by atoms with Crippen LogP contribution in [-0.4, -0.2) is 26.6 Å². The van der Waals surface area contributed by atoms with E-state index in [1.165, 1.54) is 11.1 Å². The minimum Gasteiger partial charge on any atom is -0.268 e. The lowest BCUT2D eigenvalue weighted by atomic mass is 10.1. The highest BCUT2D eigenvalue weighted by molar-refractivity contribution is 6.37. The van der Waals surface area contributed by atoms with Gasteiger partial charge in [-0.05, 0) is 44.0 Å². The van der Waals surface area contributed by atoms with Gasteiger partial charge < -0.3 is 0 Å². The average Bonchev–Trinajstić information content (AvgIpc) is 3.17. The number of carbonyl (C=O) groups excluding carboxylic acids is 2. The van der Waals surface area contributed by atoms with Crippen molar-refractivity contribution < 1.29 is 9.59 Å². The summed E-state index contributed by atoms with van der Waals surface area (Å²) in [5.41, 5.74) is 5.32. The van der Waals surface area contributed by atoms with Crippen LogP contribution in [0.4, 0.5) is 5.69 Å². The first kappa shape index (κ1) is 17.3. The van der Waals surface area contributed by atoms with Gasteiger partial charge in [-0.1, -0.05) is 36.4 Å². The number of para-hydroxylation sites is 2. The number of hydrogen-bond donors (Lipinski definition) is 0. The average molecular weight is 382 g/mol. The van der Waals surface area contributed by atoms with E-state index >= 15 is 0 Å². The van der Waals surface area contributed by atoms with Crippen LogP contribution < -0.4 is 4.90 Å². The molecule has 0 saturated carbocycles. The van der Waals surface area contributed by atoms with Gasteiger partial charge in [-0.25, -0.2) is 14.6 Å². The molecule has 0 aliphatic carbocycles. The lowest BCUT2D eigenvalue weighted by Crippen LogP contribution is -2.30. The monoisotopic (exact) mass is 382 g/mol. The first-order valence-electron chi connectivity index (χ1n) is 9.38. The molecule has 0 radical (unpaired) electrons. The van der Waals surface area contributed by atoms with Crippen LogP contribution in [0, 0.1) is 20.8 Å². The van der Waals surface area contributed by atoms with Gasteiger partial charge in [0, 0.05) is 6.20 Å². The van der Waals surface area contributed by atoms with E-state index in [1.807, 2.05) is 63.2 Å². The number of rotatable bonds is 2. The third-order valence-electron chi connectivity index (χ3n) is 5.42. The van der Waals surface area contributed by atoms with Crippen molar-refractivity contribution in [3.05, 3.63) is 82.7 Å². The molecule has 0 saturated heterocycles. The fourth-order valence-electron chi connectivity index (χ4n) is 3.96. The van der Waals surface area contributed by atoms with Crippen LogP contribution in [0.1, 0.15) is 37.5 Å². The molecule has 1 aliphatic rings. The highest BCUT2D eigenvalue weighted by Crippen LogP contribution is 2.35. The standard InChI is InChI=1S/C23H18N4O2/c1-13-8-4-6-10-17(13)26-22(28)16-12-24-21-19(20(16)23(26)29)15(3)25-27(21)18-11-7-5-9-14(18)2/h4-12H,1-3H3. The quantitative estimate of drug-likeness (QED) is 0.489. The Balaban J connectivity index is 1.76. The van der Waals surface area contributed by atoms with Crippen molar-refractivity contribution in [3.63, 3.8) is 0 Å². The Labute approximate surface area is 167 Å². The van der Waals surface area contributed by atoms with Crippen molar-refractivity contribution in [1.29, 1.82) is 0 Å². The molecule has 1 aliphatic heterocycles. The number of pyridine rings is 1. The van der Waals surface area contributed by atoms with Gasteiger partial charge in [0.1, 0.15) is 0 Å². The zero-order valence-electron chi connectivity index (χ0n) is 16.3. The number of anilines is 1. The van der Waals surface area contributed by atoms with E-state index in [0.29, 0.717) is 33.5 Å². The van der Waals surface area contributed by atoms with E-state index in [9.17, 15) is 9.59 Å². The normalized spacial score (nSPS) is 13.4. The van der Waals surface area contributed by atoms with Crippen LogP contribution >= 0.6 is 0 Å². The number of benzene rings is 2. The molecular formula is C23H18N4O2. The summed E-state index contributed by atoms with van der Waals surface area (Å²) >= 11 is 0. The molecule has 0 bridgehead atoms. The predicted octanol–water partition coefficient (Wildman–Crippen LogP) is 4.15. The van der Waals surface area contributed by atoms with E-state index in [0.717, 1.165) is 16.8 Å². The number of fused-ring (bicyclic) bond motifs is 3. The Morgan fingerprint density at radius 2 is 1.41 bits per heavy atom. The summed E-state index contributed by atoms with van der Waals surface area (Å²) in [5.74, 6) is -0.684. The Morgan fingerprint density at radius 3 is 2.07 bits per heavy atom. The highest BCUT2D eigenvalue weighted by atomic mass is 16.2. The second-order valence-corrected chi connectivity index (χ2v) is 7.26. The SMILES string of the molecule is Cc1ccccc1N1C(=O)c2cnc3c(c(C)nn3-c3ccccc3C)c2C1=O. The number of carbonyl (C=O) groups is 2. The minimum absolute atomic E-state index is 0.318. The van der Waals surface area contributed by atoms with Crippen molar-refractivity contribution in [1.82, 2.24) is 14.8 Å². The Hall–Kier alpha value is -3.80. The second-order valence-electron chi connectivity index (χ2n) is 7.26. The number of amides is 2. The van der Waals surface area contributed by atoms with Crippen LogP contribution in [-0.2, 0) is 0 Å². The van der Waals surface area contributed by atoms with Gasteiger partial charge in [0.25, 0.3) is 11.8 Å². The molecule has 0 atom stereocenters. The maximum absolute atomic E-state index is 13.4. The molecule has 0 N–H and O–H groups in total. The van der Waals surface area contributed by atoms with Gasteiger partial charge in [0.05, 0.1) is 33.6 Å². The zero-order valence-corrected chi connectivity index (χ0v) is 16.3. The van der Waals surface area contributed by atoms with Gasteiger partial charge in [-0.3, -0.25) is 9.59 Å². The number of nitrogens with zero attached hydrogens (tertiary/aromatic N) is 4. The molecule has 2 aromatic heterocycles. The molecule has 142 valence electrons. The Morgan fingerprint density at radius 1 is 0.793 bits per heavy atom. The first-order chi connectivity index (χ1) is 14.0. The number of aryl methyl sites for hydroxylation is 3. The second kappa shape index (κ2) is 6.10. The van der Waals surface area contributed by atoms with E-state index in [4.69, 9.17) is 0 Å². The molecule has 3 heterocycles. The summed E-state index contributed by atoms with van der Waals surface area (Å²) in [6.07, 6.45) is 1.49. The van der Waals surface area contributed by atoms with E-state index < -0.39 is 0 Å². The van der Waals surface area contributed by atoms with Gasteiger partial charge in [0.2, 0.25) is 0 Å². The molecule has 2 aromatic carbocycles. The maximum atomic E-state index is 13.4. The van der Waals surface area contributed by atoms with Crippen LogP contribution in [0.25, 0.3) is 16.7 Å². The number of hydrogen-bond acceptors (Lipinski definition) is 4. The molecule has 6 nitrogen and oxygen atoms in total. The zero-order chi connectivity index (χ0) is 20.3. The highest BCUT2D eigenvalue weighted by Gasteiger charge is 2.40. The summed E-state index contributed by atoms with van der Waals surface area (Å²) < 4.78 is 1.74. The van der Waals surface area contributed by atoms with Crippen LogP contribution in [0.15, 0.2) is 54.7 Å². The third kappa shape index (κ3) is 2.35. The smallest absolute Gasteiger partial charge is 0.267 e. The topological polar surface area (TPSA) is 68.1 Å². The van der Waals surface area contributed by atoms with Crippen molar-refractivity contribution >= 4 is 28.5 Å². The summed E-state index contributed by atoms with van der Waals surface area (Å²) in [5, 5.41) is 5.27. The lowest BCUT2D eigenvalue weighted by Gasteiger charge is -2.16. The van der Waals surface area contributed by atoms with Gasteiger partial charge in [-0.2, -0.15) is 5.10 Å². The Bertz CT molecular complexity index is 1340. The maximum Gasteiger partial charge on any atom is 0.267 e. The summed E-state index contributed by atoms with van der Waals surface area (Å²) in [6.45, 7) is 5.72. The van der Waals surface area contributed by atoms with Crippen LogP contribution in [0.3, 0.4) is 0 Å². The molecule has 0 unspecified atom stereocenters. The number of imide groups is 1. The molecule has 0 fully saturated rings. The van der Waals surface area contributed by atoms with Gasteiger partial charge in [-0.15, -0.1) is 0 Å². The van der Waals surface area contributed by atoms with E-state index in [-0.39, 0.29) is 11.8 Å². The largest absolute Gasteiger partial charge is 0.268 e. The predicted molar refractivity (Wildman–Crippen MR) is 111 cm³/mol. The van der Waals surface area contributed by atoms with Gasteiger partial charge >= 0.3 is 0 Å². The molecular weight excluding hydrogens is 364 g/mol. The summed E-state index contributed by atoms with van der Waals surface area (Å²) in [4.78, 5) is 32.2. The van der Waals surface area contributed by atoms with E-state index in [1.54, 1.807) is 10.7 Å². The molecule has 2 amide bonds. The third-order valence-corrected chi connectivity index (χ3v) is 5.42. The molecule has 4 aromatic rings. The lowest BCUT2D eigenvalue weighted by molar-refractivity contribution is 0.0926. The van der Waals surface area contributed by atoms with Crippen molar-refractivity contribution in [3.8, 4) is 5.69 Å². The molecule has 5 rings (SSSR count). The number of aromatic nitrogens is 3. The molecule has 0 spiro atoms. The first-order valence-corrected chi connectivity index (χ1v) is 9.38. The molecule has 6 heteroatoms. The van der Waals surface area contributed by atoms with Crippen molar-refractivity contribution in [2.45, 2.75) is 20.8 Å². The van der Waals surface area contributed by atoms with Crippen LogP contribution in [0.2, 0.25) is 0 Å². The summed E-state index contributed by atoms with van der Waals surface area (Å²) in [6, 6.07) is 15.2.